The molecule has 0 saturated heterocycles. The molecule has 6 heteroatoms. The zero-order valence-electron chi connectivity index (χ0n) is 13.5. The van der Waals surface area contributed by atoms with Gasteiger partial charge in [-0.15, -0.1) is 0 Å². The van der Waals surface area contributed by atoms with Crippen molar-refractivity contribution in [2.45, 2.75) is 25.9 Å². The van der Waals surface area contributed by atoms with Gasteiger partial charge < -0.3 is 10.1 Å². The summed E-state index contributed by atoms with van der Waals surface area (Å²) < 4.78 is 5.02. The number of carbonyl (C=O) groups excluding carboxylic acids is 1. The van der Waals surface area contributed by atoms with Crippen molar-refractivity contribution in [1.82, 2.24) is 5.32 Å². The van der Waals surface area contributed by atoms with E-state index in [4.69, 9.17) is 4.74 Å². The van der Waals surface area contributed by atoms with Gasteiger partial charge in [0.05, 0.1) is 18.0 Å². The number of nitro benzene ring substituents is 1. The molecule has 0 aliphatic rings. The summed E-state index contributed by atoms with van der Waals surface area (Å²) in [5.74, 6) is -0.304. The van der Waals surface area contributed by atoms with Crippen LogP contribution in [0.3, 0.4) is 0 Å². The van der Waals surface area contributed by atoms with Crippen LogP contribution >= 0.6 is 0 Å². The highest BCUT2D eigenvalue weighted by Gasteiger charge is 2.17. The molecule has 0 saturated carbocycles. The Labute approximate surface area is 140 Å². The third kappa shape index (κ3) is 5.17. The van der Waals surface area contributed by atoms with Crippen LogP contribution in [0.1, 0.15) is 30.5 Å². The van der Waals surface area contributed by atoms with E-state index in [2.05, 4.69) is 5.32 Å². The quantitative estimate of drug-likeness (QED) is 0.456. The molecule has 1 unspecified atom stereocenters. The molecule has 24 heavy (non-hydrogen) atoms. The number of hydrogen-bond donors (Lipinski definition) is 1. The van der Waals surface area contributed by atoms with Crippen LogP contribution in [0.5, 0.6) is 0 Å². The Morgan fingerprint density at radius 2 is 1.83 bits per heavy atom. The Bertz CT molecular complexity index is 671. The summed E-state index contributed by atoms with van der Waals surface area (Å²) >= 11 is 0. The molecule has 1 N–H and O–H groups in total. The summed E-state index contributed by atoms with van der Waals surface area (Å²) in [5, 5.41) is 14.1. The predicted molar refractivity (Wildman–Crippen MR) is 90.4 cm³/mol. The molecule has 1 atom stereocenters. The molecule has 0 aromatic heterocycles. The van der Waals surface area contributed by atoms with Crippen LogP contribution in [0.15, 0.2) is 54.6 Å². The smallest absolute Gasteiger partial charge is 0.307 e. The lowest BCUT2D eigenvalue weighted by atomic mass is 10.0. The second-order valence-electron chi connectivity index (χ2n) is 5.28. The topological polar surface area (TPSA) is 81.5 Å². The number of nitro groups is 1. The van der Waals surface area contributed by atoms with Crippen LogP contribution < -0.4 is 5.32 Å². The number of nitrogens with zero attached hydrogens (tertiary/aromatic N) is 1. The minimum absolute atomic E-state index is 0.0247. The van der Waals surface area contributed by atoms with E-state index in [0.717, 1.165) is 11.1 Å². The van der Waals surface area contributed by atoms with Gasteiger partial charge in [0.25, 0.3) is 5.69 Å². The molecule has 0 radical (unpaired) electrons. The largest absolute Gasteiger partial charge is 0.466 e. The average Bonchev–Trinajstić information content (AvgIpc) is 2.60. The van der Waals surface area contributed by atoms with Crippen molar-refractivity contribution in [2.75, 3.05) is 6.61 Å². The van der Waals surface area contributed by atoms with Gasteiger partial charge >= 0.3 is 5.97 Å². The lowest BCUT2D eigenvalue weighted by molar-refractivity contribution is -0.384. The van der Waals surface area contributed by atoms with Crippen molar-refractivity contribution < 1.29 is 14.5 Å². The van der Waals surface area contributed by atoms with E-state index in [-0.39, 0.29) is 24.1 Å². The minimum atomic E-state index is -0.443. The first-order valence-corrected chi connectivity index (χ1v) is 7.77. The summed E-state index contributed by atoms with van der Waals surface area (Å²) in [7, 11) is 0. The fraction of sp³-hybridized carbons (Fsp3) is 0.278. The van der Waals surface area contributed by atoms with E-state index in [0.29, 0.717) is 13.2 Å². The van der Waals surface area contributed by atoms with Gasteiger partial charge in [0.15, 0.2) is 0 Å². The molecule has 0 bridgehead atoms. The van der Waals surface area contributed by atoms with Crippen LogP contribution in [0.4, 0.5) is 5.69 Å². The van der Waals surface area contributed by atoms with Crippen molar-refractivity contribution in [3.8, 4) is 0 Å². The van der Waals surface area contributed by atoms with E-state index in [1.165, 1.54) is 12.1 Å². The van der Waals surface area contributed by atoms with Crippen molar-refractivity contribution in [1.29, 1.82) is 0 Å². The molecule has 0 fully saturated rings. The first-order chi connectivity index (χ1) is 11.6. The first kappa shape index (κ1) is 17.6. The SMILES string of the molecule is CCOC(=O)CC(NCc1ccccc1)c1ccc([N+](=O)[O-])cc1. The molecule has 2 rings (SSSR count). The molecule has 0 aliphatic carbocycles. The summed E-state index contributed by atoms with van der Waals surface area (Å²) in [6.07, 6.45) is 0.165. The molecule has 2 aromatic rings. The van der Waals surface area contributed by atoms with Crippen LogP contribution in [0.2, 0.25) is 0 Å². The Morgan fingerprint density at radius 1 is 1.17 bits per heavy atom. The number of carbonyl (C=O) groups is 1. The van der Waals surface area contributed by atoms with Gasteiger partial charge in [0, 0.05) is 24.7 Å². The summed E-state index contributed by atoms with van der Waals surface area (Å²) in [6.45, 7) is 2.67. The fourth-order valence-electron chi connectivity index (χ4n) is 2.36. The maximum absolute atomic E-state index is 11.8. The van der Waals surface area contributed by atoms with Crippen molar-refractivity contribution in [2.24, 2.45) is 0 Å². The molecular formula is C18H20N2O4. The van der Waals surface area contributed by atoms with Gasteiger partial charge in [0.2, 0.25) is 0 Å². The first-order valence-electron chi connectivity index (χ1n) is 7.77. The molecule has 0 heterocycles. The molecule has 2 aromatic carbocycles. The van der Waals surface area contributed by atoms with Crippen LogP contribution in [-0.4, -0.2) is 17.5 Å². The third-order valence-corrected chi connectivity index (χ3v) is 3.58. The van der Waals surface area contributed by atoms with Gasteiger partial charge in [-0.1, -0.05) is 42.5 Å². The van der Waals surface area contributed by atoms with Gasteiger partial charge in [0.1, 0.15) is 0 Å². The van der Waals surface area contributed by atoms with Crippen LogP contribution in [0, 0.1) is 10.1 Å². The van der Waals surface area contributed by atoms with E-state index >= 15 is 0 Å². The molecule has 0 spiro atoms. The molecule has 0 aliphatic heterocycles. The van der Waals surface area contributed by atoms with Gasteiger partial charge in [-0.3, -0.25) is 14.9 Å². The number of non-ortho nitro benzene ring substituents is 1. The third-order valence-electron chi connectivity index (χ3n) is 3.58. The standard InChI is InChI=1S/C18H20N2O4/c1-2-24-18(21)12-17(19-13-14-6-4-3-5-7-14)15-8-10-16(11-9-15)20(22)23/h3-11,17,19H,2,12-13H2,1H3. The molecular weight excluding hydrogens is 308 g/mol. The Balaban J connectivity index is 2.12. The summed E-state index contributed by atoms with van der Waals surface area (Å²) in [6, 6.07) is 15.8. The number of hydrogen-bond acceptors (Lipinski definition) is 5. The lowest BCUT2D eigenvalue weighted by Crippen LogP contribution is -2.24. The highest BCUT2D eigenvalue weighted by atomic mass is 16.6. The maximum Gasteiger partial charge on any atom is 0.307 e. The van der Waals surface area contributed by atoms with E-state index in [9.17, 15) is 14.9 Å². The fourth-order valence-corrected chi connectivity index (χ4v) is 2.36. The number of benzene rings is 2. The van der Waals surface area contributed by atoms with E-state index in [1.54, 1.807) is 19.1 Å². The Morgan fingerprint density at radius 3 is 2.42 bits per heavy atom. The normalized spacial score (nSPS) is 11.7. The highest BCUT2D eigenvalue weighted by Crippen LogP contribution is 2.21. The average molecular weight is 328 g/mol. The van der Waals surface area contributed by atoms with Crippen molar-refractivity contribution >= 4 is 11.7 Å². The van der Waals surface area contributed by atoms with Gasteiger partial charge in [-0.05, 0) is 18.1 Å². The van der Waals surface area contributed by atoms with E-state index in [1.807, 2.05) is 30.3 Å². The van der Waals surface area contributed by atoms with Crippen LogP contribution in [0.25, 0.3) is 0 Å². The summed E-state index contributed by atoms with van der Waals surface area (Å²) in [5.41, 5.74) is 1.93. The molecule has 0 amide bonds. The highest BCUT2D eigenvalue weighted by molar-refractivity contribution is 5.70. The minimum Gasteiger partial charge on any atom is -0.466 e. The van der Waals surface area contributed by atoms with Crippen molar-refractivity contribution in [3.63, 3.8) is 0 Å². The maximum atomic E-state index is 11.8. The predicted octanol–water partition coefficient (Wildman–Crippen LogP) is 3.38. The number of esters is 1. The Hall–Kier alpha value is -2.73. The number of nitrogens with one attached hydrogen (secondary N) is 1. The number of rotatable bonds is 8. The molecule has 6 nitrogen and oxygen atoms in total. The second-order valence-corrected chi connectivity index (χ2v) is 5.28. The van der Waals surface area contributed by atoms with Crippen molar-refractivity contribution in [3.05, 3.63) is 75.8 Å². The van der Waals surface area contributed by atoms with Crippen LogP contribution in [-0.2, 0) is 16.1 Å². The monoisotopic (exact) mass is 328 g/mol. The van der Waals surface area contributed by atoms with Gasteiger partial charge in [-0.25, -0.2) is 0 Å². The van der Waals surface area contributed by atoms with Gasteiger partial charge in [-0.2, -0.15) is 0 Å². The number of ether oxygens (including phenoxy) is 1. The molecule has 126 valence electrons. The Kier molecular flexibility index (Phi) is 6.45. The zero-order valence-corrected chi connectivity index (χ0v) is 13.5. The summed E-state index contributed by atoms with van der Waals surface area (Å²) in [4.78, 5) is 22.2. The van der Waals surface area contributed by atoms with E-state index < -0.39 is 4.92 Å². The second kappa shape index (κ2) is 8.79. The zero-order chi connectivity index (χ0) is 17.4. The lowest BCUT2D eigenvalue weighted by Gasteiger charge is -2.18.